The minimum absolute atomic E-state index is 0.0129. The van der Waals surface area contributed by atoms with E-state index in [-0.39, 0.29) is 47.4 Å². The maximum atomic E-state index is 13.4. The zero-order valence-corrected chi connectivity index (χ0v) is 31.6. The molecule has 9 atom stereocenters. The molecular formula is C27H45N6O16P3. The van der Waals surface area contributed by atoms with Crippen molar-refractivity contribution in [3.63, 3.8) is 0 Å². The van der Waals surface area contributed by atoms with Gasteiger partial charge in [-0.05, 0) is 40.5 Å². The lowest BCUT2D eigenvalue weighted by atomic mass is 9.70. The molecule has 0 saturated carbocycles. The Kier molecular flexibility index (Phi) is 12.8. The fourth-order valence-corrected chi connectivity index (χ4v) is 9.56. The van der Waals surface area contributed by atoms with E-state index in [4.69, 9.17) is 25.1 Å². The van der Waals surface area contributed by atoms with Crippen LogP contribution < -0.4 is 22.1 Å². The van der Waals surface area contributed by atoms with Gasteiger partial charge in [0.15, 0.2) is 0 Å². The summed E-state index contributed by atoms with van der Waals surface area (Å²) in [7, 11) is -16.8. The molecule has 0 spiro atoms. The number of phosphoric acid groups is 3. The Morgan fingerprint density at radius 2 is 1.83 bits per heavy atom. The number of rotatable bonds is 16. The highest BCUT2D eigenvalue weighted by atomic mass is 31.3. The summed E-state index contributed by atoms with van der Waals surface area (Å²) in [6, 6.07) is -0.792. The van der Waals surface area contributed by atoms with Crippen molar-refractivity contribution >= 4 is 47.2 Å². The van der Waals surface area contributed by atoms with Crippen molar-refractivity contribution in [2.45, 2.75) is 102 Å². The standard InChI is InChI=1S/C27H45N6O16P3/c1-6-8-17(30-23(35)16-12-26(2,3)33-27(4,5)21(16)47-33)24(36)29-10-7-9-15-13-32(25(37)31-22(15)28)20-11-18(34)19(46-20)14-45-51(41,42)49-52(43,44)48-50(38,39)40/h7,9,13,16-21,34H,6,8,10-12,14H2,1-5H3,(H,29,36)(H,30,35)(H,41,42)(H,43,44)(H2,28,31,37)(H2,38,39,40)/b9-7+/t16?,17?,18-,19+,20+,21?/m0/s1. The quantitative estimate of drug-likeness (QED) is 0.105. The van der Waals surface area contributed by atoms with Gasteiger partial charge in [-0.25, -0.2) is 18.5 Å². The summed E-state index contributed by atoms with van der Waals surface area (Å²) in [4.78, 5) is 85.0. The van der Waals surface area contributed by atoms with Gasteiger partial charge in [0.2, 0.25) is 11.8 Å². The molecule has 0 aromatic carbocycles. The van der Waals surface area contributed by atoms with Crippen LogP contribution in [0.15, 0.2) is 17.1 Å². The maximum Gasteiger partial charge on any atom is 0.490 e. The molecule has 4 aliphatic heterocycles. The van der Waals surface area contributed by atoms with Crippen LogP contribution in [-0.2, 0) is 46.0 Å². The Hall–Kier alpha value is -2.39. The third kappa shape index (κ3) is 10.2. The summed E-state index contributed by atoms with van der Waals surface area (Å²) in [6.45, 7) is 9.02. The number of aliphatic hydroxyl groups excluding tert-OH is 1. The second kappa shape index (κ2) is 15.8. The molecule has 0 radical (unpaired) electrons. The molecule has 294 valence electrons. The van der Waals surface area contributed by atoms with Gasteiger partial charge in [-0.15, -0.1) is 0 Å². The van der Waals surface area contributed by atoms with Gasteiger partial charge in [-0.2, -0.15) is 18.7 Å². The zero-order chi connectivity index (χ0) is 39.0. The van der Waals surface area contributed by atoms with Crippen LogP contribution in [0.3, 0.4) is 0 Å². The van der Waals surface area contributed by atoms with Crippen molar-refractivity contribution in [2.24, 2.45) is 5.92 Å². The van der Waals surface area contributed by atoms with Gasteiger partial charge in [0.05, 0.1) is 24.2 Å². The van der Waals surface area contributed by atoms with E-state index in [9.17, 15) is 43.0 Å². The SMILES string of the molecule is CCCC(NC(=O)C1CC(C)(C)N2OC1C2(C)C)C(=O)NC/C=C/c1cn([C@H]2C[C@H](O)[C@@H](COP(=O)(O)OP(=O)(O)OP(=O)(O)O)O2)c(=O)nc1N. The topological polar surface area (TPSA) is 321 Å². The second-order valence-corrected chi connectivity index (χ2v) is 18.1. The molecule has 2 bridgehead atoms. The number of hydrogen-bond donors (Lipinski definition) is 8. The molecular weight excluding hydrogens is 757 g/mol. The van der Waals surface area contributed by atoms with E-state index in [1.54, 1.807) is 0 Å². The van der Waals surface area contributed by atoms with Gasteiger partial charge >= 0.3 is 29.2 Å². The lowest BCUT2D eigenvalue weighted by Crippen LogP contribution is -2.79. The van der Waals surface area contributed by atoms with Crippen LogP contribution in [0.25, 0.3) is 6.08 Å². The van der Waals surface area contributed by atoms with Crippen LogP contribution in [0, 0.1) is 5.92 Å². The molecule has 22 nitrogen and oxygen atoms in total. The Morgan fingerprint density at radius 3 is 2.42 bits per heavy atom. The highest BCUT2D eigenvalue weighted by molar-refractivity contribution is 7.66. The smallest absolute Gasteiger partial charge is 0.390 e. The van der Waals surface area contributed by atoms with Gasteiger partial charge in [-0.3, -0.25) is 23.5 Å². The first kappa shape index (κ1) is 42.4. The third-order valence-electron chi connectivity index (χ3n) is 8.66. The molecule has 4 fully saturated rings. The largest absolute Gasteiger partial charge is 0.490 e. The van der Waals surface area contributed by atoms with Crippen molar-refractivity contribution in [2.75, 3.05) is 18.9 Å². The van der Waals surface area contributed by atoms with Crippen LogP contribution in [0.5, 0.6) is 0 Å². The fourth-order valence-electron chi connectivity index (χ4n) is 6.53. The van der Waals surface area contributed by atoms with E-state index in [1.807, 2.05) is 39.7 Å². The molecule has 6 unspecified atom stereocenters. The number of aromatic nitrogens is 2. The molecule has 1 aromatic rings. The van der Waals surface area contributed by atoms with Crippen molar-refractivity contribution in [1.29, 1.82) is 0 Å². The number of phosphoric ester groups is 1. The van der Waals surface area contributed by atoms with E-state index in [2.05, 4.69) is 28.8 Å². The summed E-state index contributed by atoms with van der Waals surface area (Å²) in [6.07, 6.45) is 1.32. The van der Waals surface area contributed by atoms with E-state index < -0.39 is 72.1 Å². The first-order chi connectivity index (χ1) is 23.9. The minimum Gasteiger partial charge on any atom is -0.390 e. The second-order valence-electron chi connectivity index (χ2n) is 13.7. The number of ether oxygens (including phenoxy) is 1. The number of hydroxylamine groups is 2. The number of carbonyl (C=O) groups is 2. The average molecular weight is 803 g/mol. The number of piperidine rings is 1. The van der Waals surface area contributed by atoms with Crippen molar-refractivity contribution in [3.05, 3.63) is 28.3 Å². The first-order valence-corrected chi connectivity index (χ1v) is 20.6. The fraction of sp³-hybridized carbons (Fsp3) is 0.704. The highest BCUT2D eigenvalue weighted by Crippen LogP contribution is 2.66. The number of fused-ring (bicyclic) bond motifs is 2. The number of anilines is 1. The van der Waals surface area contributed by atoms with Gasteiger partial charge in [-0.1, -0.05) is 25.5 Å². The number of nitrogens with zero attached hydrogens (tertiary/aromatic N) is 3. The van der Waals surface area contributed by atoms with Crippen molar-refractivity contribution < 1.29 is 70.7 Å². The molecule has 25 heteroatoms. The van der Waals surface area contributed by atoms with Gasteiger partial charge in [0.25, 0.3) is 0 Å². The monoisotopic (exact) mass is 802 g/mol. The molecule has 0 aliphatic carbocycles. The molecule has 1 aromatic heterocycles. The van der Waals surface area contributed by atoms with Crippen molar-refractivity contribution in [3.8, 4) is 0 Å². The van der Waals surface area contributed by atoms with Crippen LogP contribution in [-0.4, -0.2) is 99.7 Å². The summed E-state index contributed by atoms with van der Waals surface area (Å²) >= 11 is 0. The molecule has 52 heavy (non-hydrogen) atoms. The lowest BCUT2D eigenvalue weighted by molar-refractivity contribution is -0.444. The number of hydrogen-bond acceptors (Lipinski definition) is 15. The van der Waals surface area contributed by atoms with E-state index in [0.29, 0.717) is 19.3 Å². The Balaban J connectivity index is 1.33. The number of nitrogen functional groups attached to an aromatic ring is 1. The number of aliphatic hydroxyl groups is 1. The number of nitrogens with one attached hydrogen (secondary N) is 2. The number of carbonyl (C=O) groups excluding carboxylic acids is 2. The Labute approximate surface area is 298 Å². The van der Waals surface area contributed by atoms with Crippen LogP contribution >= 0.6 is 23.5 Å². The Bertz CT molecular complexity index is 1740. The normalized spacial score (nSPS) is 29.4. The minimum atomic E-state index is -5.76. The van der Waals surface area contributed by atoms with Crippen LogP contribution in [0.1, 0.15) is 72.1 Å². The van der Waals surface area contributed by atoms with E-state index in [0.717, 1.165) is 4.57 Å². The number of amides is 2. The Morgan fingerprint density at radius 1 is 1.15 bits per heavy atom. The molecule has 4 aliphatic rings. The predicted molar refractivity (Wildman–Crippen MR) is 179 cm³/mol. The van der Waals surface area contributed by atoms with Gasteiger partial charge < -0.3 is 45.8 Å². The lowest BCUT2D eigenvalue weighted by Gasteiger charge is -2.66. The average Bonchev–Trinajstić information content (AvgIpc) is 3.35. The van der Waals surface area contributed by atoms with Crippen LogP contribution in [0.4, 0.5) is 5.82 Å². The summed E-state index contributed by atoms with van der Waals surface area (Å²) in [5.74, 6) is -1.27. The summed E-state index contributed by atoms with van der Waals surface area (Å²) < 4.78 is 52.7. The van der Waals surface area contributed by atoms with Crippen LogP contribution in [0.2, 0.25) is 0 Å². The van der Waals surface area contributed by atoms with E-state index in [1.165, 1.54) is 18.3 Å². The number of nitrogens with two attached hydrogens (primary N) is 1. The molecule has 4 saturated heterocycles. The van der Waals surface area contributed by atoms with Crippen molar-refractivity contribution in [1.82, 2.24) is 25.2 Å². The maximum absolute atomic E-state index is 13.4. The van der Waals surface area contributed by atoms with E-state index >= 15 is 0 Å². The summed E-state index contributed by atoms with van der Waals surface area (Å²) in [5, 5.41) is 18.0. The predicted octanol–water partition coefficient (Wildman–Crippen LogP) is 0.424. The molecule has 5 heterocycles. The highest BCUT2D eigenvalue weighted by Gasteiger charge is 2.64. The molecule has 2 amide bonds. The first-order valence-electron chi connectivity index (χ1n) is 16.1. The zero-order valence-electron chi connectivity index (χ0n) is 28.9. The third-order valence-corrected chi connectivity index (χ3v) is 12.5. The molecule has 5 rings (SSSR count). The summed E-state index contributed by atoms with van der Waals surface area (Å²) in [5.41, 5.74) is 4.58. The van der Waals surface area contributed by atoms with Gasteiger partial charge in [0, 0.05) is 30.3 Å². The molecule has 9 N–H and O–H groups in total. The van der Waals surface area contributed by atoms with Gasteiger partial charge in [0.1, 0.15) is 30.3 Å².